The van der Waals surface area contributed by atoms with E-state index in [1.807, 2.05) is 84.9 Å². The number of rotatable bonds is 8. The summed E-state index contributed by atoms with van der Waals surface area (Å²) in [5.41, 5.74) is 9.94. The summed E-state index contributed by atoms with van der Waals surface area (Å²) in [7, 11) is 3.21. The minimum Gasteiger partial charge on any atom is -0.497 e. The highest BCUT2D eigenvalue weighted by Crippen LogP contribution is 2.40. The van der Waals surface area contributed by atoms with Gasteiger partial charge >= 0.3 is 0 Å². The molecule has 0 aliphatic carbocycles. The number of benzene rings is 3. The molecule has 174 valence electrons. The lowest BCUT2D eigenvalue weighted by atomic mass is 9.99. The maximum Gasteiger partial charge on any atom is 0.235 e. The second-order valence-electron chi connectivity index (χ2n) is 7.61. The highest BCUT2D eigenvalue weighted by atomic mass is 32.2. The number of aromatic nitrogens is 1. The fraction of sp³-hybridized carbons (Fsp3) is 0.107. The van der Waals surface area contributed by atoms with E-state index in [4.69, 9.17) is 20.2 Å². The van der Waals surface area contributed by atoms with Crippen molar-refractivity contribution in [3.8, 4) is 40.0 Å². The van der Waals surface area contributed by atoms with Gasteiger partial charge in [-0.2, -0.15) is 5.26 Å². The number of carbonyl (C=O) groups excluding carboxylic acids is 1. The molecule has 0 spiro atoms. The number of nitriles is 1. The van der Waals surface area contributed by atoms with E-state index in [9.17, 15) is 10.1 Å². The molecule has 1 heterocycles. The minimum atomic E-state index is -0.703. The fourth-order valence-corrected chi connectivity index (χ4v) is 4.71. The zero-order valence-electron chi connectivity index (χ0n) is 19.3. The topological polar surface area (TPSA) is 98.2 Å². The lowest BCUT2D eigenvalue weighted by Crippen LogP contribution is -2.19. The Morgan fingerprint density at radius 3 is 2.00 bits per heavy atom. The Morgan fingerprint density at radius 2 is 1.49 bits per heavy atom. The van der Waals surface area contributed by atoms with Crippen molar-refractivity contribution in [3.63, 3.8) is 0 Å². The zero-order chi connectivity index (χ0) is 24.8. The quantitative estimate of drug-likeness (QED) is 0.328. The third-order valence-electron chi connectivity index (χ3n) is 5.48. The number of ether oxygens (including phenoxy) is 2. The molecule has 3 aromatic carbocycles. The maximum absolute atomic E-state index is 12.4. The first-order chi connectivity index (χ1) is 17.0. The standard InChI is InChI=1S/C28H23N3O3S/c1-33-21-12-8-18(9-13-21)23-16-25(19-10-14-22(34-2)15-11-19)31-28(24(23)17-29)35-26(27(30)32)20-6-4-3-5-7-20/h3-16,26H,1-2H3,(H2,30,32)/t26-/m0/s1. The molecule has 2 N–H and O–H groups in total. The monoisotopic (exact) mass is 481 g/mol. The lowest BCUT2D eigenvalue weighted by Gasteiger charge is -2.17. The van der Waals surface area contributed by atoms with E-state index in [1.165, 1.54) is 11.8 Å². The summed E-state index contributed by atoms with van der Waals surface area (Å²) in [4.78, 5) is 17.2. The molecule has 7 heteroatoms. The highest BCUT2D eigenvalue weighted by molar-refractivity contribution is 8.00. The molecule has 6 nitrogen and oxygen atoms in total. The molecule has 0 saturated carbocycles. The molecular formula is C28H23N3O3S. The van der Waals surface area contributed by atoms with Crippen LogP contribution in [-0.2, 0) is 4.79 Å². The summed E-state index contributed by atoms with van der Waals surface area (Å²) in [5, 5.41) is 9.88. The molecule has 0 unspecified atom stereocenters. The third-order valence-corrected chi connectivity index (χ3v) is 6.73. The Bertz CT molecular complexity index is 1370. The second kappa shape index (κ2) is 10.8. The van der Waals surface area contributed by atoms with E-state index in [-0.39, 0.29) is 0 Å². The van der Waals surface area contributed by atoms with Crippen molar-refractivity contribution in [1.29, 1.82) is 5.26 Å². The number of methoxy groups -OCH3 is 2. The van der Waals surface area contributed by atoms with Gasteiger partial charge in [-0.25, -0.2) is 4.98 Å². The average molecular weight is 482 g/mol. The molecule has 4 aromatic rings. The molecule has 0 fully saturated rings. The van der Waals surface area contributed by atoms with Crippen molar-refractivity contribution in [2.75, 3.05) is 14.2 Å². The summed E-state index contributed by atoms with van der Waals surface area (Å²) >= 11 is 1.18. The molecule has 0 aliphatic rings. The predicted octanol–water partition coefficient (Wildman–Crippen LogP) is 5.62. The molecule has 4 rings (SSSR count). The van der Waals surface area contributed by atoms with Gasteiger partial charge in [-0.3, -0.25) is 4.79 Å². The van der Waals surface area contributed by atoms with Crippen LogP contribution in [0.4, 0.5) is 0 Å². The van der Waals surface area contributed by atoms with Crippen molar-refractivity contribution in [2.45, 2.75) is 10.3 Å². The summed E-state index contributed by atoms with van der Waals surface area (Å²) < 4.78 is 10.6. The summed E-state index contributed by atoms with van der Waals surface area (Å²) in [6.07, 6.45) is 0. The number of primary amides is 1. The van der Waals surface area contributed by atoms with E-state index in [2.05, 4.69) is 6.07 Å². The van der Waals surface area contributed by atoms with Gasteiger partial charge in [0.2, 0.25) is 5.91 Å². The molecule has 0 bridgehead atoms. The second-order valence-corrected chi connectivity index (χ2v) is 8.71. The number of nitrogens with two attached hydrogens (primary N) is 1. The molecule has 1 atom stereocenters. The van der Waals surface area contributed by atoms with E-state index >= 15 is 0 Å². The first kappa shape index (κ1) is 23.9. The van der Waals surface area contributed by atoms with E-state index in [1.54, 1.807) is 14.2 Å². The Balaban J connectivity index is 1.89. The highest BCUT2D eigenvalue weighted by Gasteiger charge is 2.24. The molecular weight excluding hydrogens is 458 g/mol. The Hall–Kier alpha value is -4.28. The number of hydrogen-bond acceptors (Lipinski definition) is 6. The number of pyridine rings is 1. The Labute approximate surface area is 208 Å². The van der Waals surface area contributed by atoms with Crippen molar-refractivity contribution in [1.82, 2.24) is 4.98 Å². The van der Waals surface area contributed by atoms with Gasteiger partial charge in [-0.1, -0.05) is 54.2 Å². The van der Waals surface area contributed by atoms with Crippen LogP contribution in [-0.4, -0.2) is 25.1 Å². The van der Waals surface area contributed by atoms with Gasteiger partial charge in [0, 0.05) is 11.1 Å². The van der Waals surface area contributed by atoms with Gasteiger partial charge in [0.05, 0.1) is 25.5 Å². The summed E-state index contributed by atoms with van der Waals surface area (Å²) in [5.74, 6) is 0.933. The van der Waals surface area contributed by atoms with E-state index in [0.717, 1.165) is 22.4 Å². The van der Waals surface area contributed by atoms with Crippen molar-refractivity contribution < 1.29 is 14.3 Å². The van der Waals surface area contributed by atoms with Crippen LogP contribution in [0.3, 0.4) is 0 Å². The lowest BCUT2D eigenvalue weighted by molar-refractivity contribution is -0.117. The first-order valence-corrected chi connectivity index (χ1v) is 11.7. The average Bonchev–Trinajstić information content (AvgIpc) is 2.91. The summed E-state index contributed by atoms with van der Waals surface area (Å²) in [6.45, 7) is 0. The van der Waals surface area contributed by atoms with Crippen LogP contribution < -0.4 is 15.2 Å². The molecule has 1 amide bonds. The molecule has 0 aliphatic heterocycles. The third kappa shape index (κ3) is 5.29. The van der Waals surface area contributed by atoms with Gasteiger partial charge in [-0.05, 0) is 53.6 Å². The van der Waals surface area contributed by atoms with Crippen molar-refractivity contribution in [3.05, 3.63) is 96.1 Å². The smallest absolute Gasteiger partial charge is 0.235 e. The van der Waals surface area contributed by atoms with E-state index in [0.29, 0.717) is 27.6 Å². The number of carbonyl (C=O) groups is 1. The van der Waals surface area contributed by atoms with Crippen LogP contribution in [0.5, 0.6) is 11.5 Å². The van der Waals surface area contributed by atoms with Gasteiger partial charge in [0.25, 0.3) is 0 Å². The molecule has 0 saturated heterocycles. The summed E-state index contributed by atoms with van der Waals surface area (Å²) in [6, 6.07) is 28.4. The van der Waals surface area contributed by atoms with Crippen LogP contribution in [0.1, 0.15) is 16.4 Å². The largest absolute Gasteiger partial charge is 0.497 e. The van der Waals surface area contributed by atoms with Crippen LogP contribution in [0.2, 0.25) is 0 Å². The van der Waals surface area contributed by atoms with Crippen LogP contribution >= 0.6 is 11.8 Å². The van der Waals surface area contributed by atoms with Crippen molar-refractivity contribution in [2.24, 2.45) is 5.73 Å². The van der Waals surface area contributed by atoms with Crippen LogP contribution in [0, 0.1) is 11.3 Å². The Kier molecular flexibility index (Phi) is 7.34. The minimum absolute atomic E-state index is 0.375. The first-order valence-electron chi connectivity index (χ1n) is 10.8. The molecule has 35 heavy (non-hydrogen) atoms. The zero-order valence-corrected chi connectivity index (χ0v) is 20.1. The number of amides is 1. The van der Waals surface area contributed by atoms with Gasteiger partial charge in [-0.15, -0.1) is 0 Å². The van der Waals surface area contributed by atoms with Crippen LogP contribution in [0.25, 0.3) is 22.4 Å². The fourth-order valence-electron chi connectivity index (χ4n) is 3.65. The predicted molar refractivity (Wildman–Crippen MR) is 137 cm³/mol. The number of hydrogen-bond donors (Lipinski definition) is 1. The van der Waals surface area contributed by atoms with E-state index < -0.39 is 11.2 Å². The maximum atomic E-state index is 12.4. The molecule has 0 radical (unpaired) electrons. The van der Waals surface area contributed by atoms with Gasteiger partial charge < -0.3 is 15.2 Å². The van der Waals surface area contributed by atoms with Gasteiger partial charge in [0.1, 0.15) is 27.8 Å². The Morgan fingerprint density at radius 1 is 0.914 bits per heavy atom. The van der Waals surface area contributed by atoms with Gasteiger partial charge in [0.15, 0.2) is 0 Å². The van der Waals surface area contributed by atoms with Crippen molar-refractivity contribution >= 4 is 17.7 Å². The SMILES string of the molecule is COc1ccc(-c2cc(-c3ccc(OC)cc3)c(C#N)c(S[C@H](C(N)=O)c3ccccc3)n2)cc1. The number of nitrogens with zero attached hydrogens (tertiary/aromatic N) is 2. The van der Waals surface area contributed by atoms with Crippen LogP contribution in [0.15, 0.2) is 90.0 Å². The normalized spacial score (nSPS) is 11.3. The number of thioether (sulfide) groups is 1. The molecule has 1 aromatic heterocycles.